The molecule has 0 atom stereocenters. The minimum absolute atomic E-state index is 0.188. The predicted molar refractivity (Wildman–Crippen MR) is 65.2 cm³/mol. The standard InChI is InChI=1S/C10H6INO3/c11-5-1-2-7-6(3-5)8(13)4-9(14)10(15)12-7/h1-4,13H,(H,12,14,15). The highest BCUT2D eigenvalue weighted by atomic mass is 127. The van der Waals surface area contributed by atoms with Gasteiger partial charge in [0.15, 0.2) is 0 Å². The van der Waals surface area contributed by atoms with Crippen LogP contribution in [0.5, 0.6) is 5.75 Å². The highest BCUT2D eigenvalue weighted by Crippen LogP contribution is 2.21. The van der Waals surface area contributed by atoms with Crippen LogP contribution in [0.25, 0.3) is 10.9 Å². The summed E-state index contributed by atoms with van der Waals surface area (Å²) < 4.78 is 0.912. The Kier molecular flexibility index (Phi) is 2.47. The van der Waals surface area contributed by atoms with Crippen LogP contribution in [0.15, 0.2) is 33.9 Å². The first-order valence-electron chi connectivity index (χ1n) is 4.14. The second-order valence-electron chi connectivity index (χ2n) is 3.04. The fraction of sp³-hybridized carbons (Fsp3) is 0. The summed E-state index contributed by atoms with van der Waals surface area (Å²) in [6, 6.07) is 6.05. The Morgan fingerprint density at radius 1 is 1.20 bits per heavy atom. The predicted octanol–water partition coefficient (Wildman–Crippen LogP) is 1.20. The summed E-state index contributed by atoms with van der Waals surface area (Å²) in [5, 5.41) is 10.1. The Balaban J connectivity index is 3.09. The highest BCUT2D eigenvalue weighted by molar-refractivity contribution is 14.1. The number of halogens is 1. The monoisotopic (exact) mass is 315 g/mol. The van der Waals surface area contributed by atoms with Crippen LogP contribution >= 0.6 is 22.6 Å². The molecule has 0 amide bonds. The number of rotatable bonds is 0. The molecule has 0 unspecified atom stereocenters. The van der Waals surface area contributed by atoms with Gasteiger partial charge in [-0.05, 0) is 40.8 Å². The molecule has 0 fully saturated rings. The summed E-state index contributed by atoms with van der Waals surface area (Å²) in [6.07, 6.45) is 0. The van der Waals surface area contributed by atoms with Gasteiger partial charge in [0.1, 0.15) is 5.75 Å². The third-order valence-corrected chi connectivity index (χ3v) is 2.67. The molecule has 0 radical (unpaired) electrons. The molecule has 76 valence electrons. The van der Waals surface area contributed by atoms with Gasteiger partial charge in [-0.3, -0.25) is 9.59 Å². The van der Waals surface area contributed by atoms with Gasteiger partial charge in [0.2, 0.25) is 5.43 Å². The Labute approximate surface area is 97.7 Å². The number of aromatic amines is 1. The van der Waals surface area contributed by atoms with Crippen LogP contribution in [-0.4, -0.2) is 10.1 Å². The molecule has 1 heterocycles. The summed E-state index contributed by atoms with van der Waals surface area (Å²) in [7, 11) is 0. The lowest BCUT2D eigenvalue weighted by atomic mass is 10.2. The molecule has 2 N–H and O–H groups in total. The SMILES string of the molecule is O=c1cc(O)c2cc(I)ccc2[nH]c1=O. The van der Waals surface area contributed by atoms with Crippen LogP contribution in [0.1, 0.15) is 0 Å². The third-order valence-electron chi connectivity index (χ3n) is 2.00. The maximum absolute atomic E-state index is 11.2. The topological polar surface area (TPSA) is 70.2 Å². The second-order valence-corrected chi connectivity index (χ2v) is 4.28. The molecule has 0 saturated carbocycles. The van der Waals surface area contributed by atoms with Crippen LogP contribution in [0.4, 0.5) is 0 Å². The van der Waals surface area contributed by atoms with Crippen molar-refractivity contribution in [3.05, 3.63) is 48.4 Å². The summed E-state index contributed by atoms with van der Waals surface area (Å²) in [4.78, 5) is 24.7. The first-order chi connectivity index (χ1) is 7.08. The van der Waals surface area contributed by atoms with Gasteiger partial charge in [0, 0.05) is 15.0 Å². The van der Waals surface area contributed by atoms with E-state index in [9.17, 15) is 14.7 Å². The first-order valence-corrected chi connectivity index (χ1v) is 5.21. The van der Waals surface area contributed by atoms with Gasteiger partial charge in [-0.1, -0.05) is 0 Å². The smallest absolute Gasteiger partial charge is 0.296 e. The van der Waals surface area contributed by atoms with E-state index >= 15 is 0 Å². The lowest BCUT2D eigenvalue weighted by molar-refractivity contribution is 0.481. The molecule has 0 saturated heterocycles. The van der Waals surface area contributed by atoms with E-state index in [4.69, 9.17) is 0 Å². The Morgan fingerprint density at radius 2 is 1.93 bits per heavy atom. The lowest BCUT2D eigenvalue weighted by Gasteiger charge is -1.95. The van der Waals surface area contributed by atoms with Gasteiger partial charge in [0.25, 0.3) is 5.56 Å². The van der Waals surface area contributed by atoms with Gasteiger partial charge < -0.3 is 10.1 Å². The minimum Gasteiger partial charge on any atom is -0.507 e. The van der Waals surface area contributed by atoms with E-state index in [1.54, 1.807) is 18.2 Å². The molecule has 0 aliphatic rings. The number of benzene rings is 1. The van der Waals surface area contributed by atoms with Gasteiger partial charge in [0.05, 0.1) is 5.52 Å². The zero-order valence-electron chi connectivity index (χ0n) is 7.45. The molecule has 1 aromatic heterocycles. The third kappa shape index (κ3) is 1.87. The summed E-state index contributed by atoms with van der Waals surface area (Å²) in [5.74, 6) is -0.188. The molecule has 0 aliphatic carbocycles. The number of nitrogens with one attached hydrogen (secondary N) is 1. The van der Waals surface area contributed by atoms with E-state index in [-0.39, 0.29) is 5.75 Å². The van der Waals surface area contributed by atoms with E-state index in [1.807, 2.05) is 0 Å². The number of aromatic nitrogens is 1. The summed E-state index contributed by atoms with van der Waals surface area (Å²) >= 11 is 2.08. The van der Waals surface area contributed by atoms with Crippen molar-refractivity contribution < 1.29 is 5.11 Å². The number of aromatic hydroxyl groups is 1. The quantitative estimate of drug-likeness (QED) is 0.567. The Hall–Kier alpha value is -1.37. The maximum Gasteiger partial charge on any atom is 0.296 e. The molecule has 0 aliphatic heterocycles. The van der Waals surface area contributed by atoms with Crippen LogP contribution in [0, 0.1) is 3.57 Å². The van der Waals surface area contributed by atoms with Crippen molar-refractivity contribution in [2.75, 3.05) is 0 Å². The van der Waals surface area contributed by atoms with E-state index in [1.165, 1.54) is 0 Å². The molecule has 4 nitrogen and oxygen atoms in total. The van der Waals surface area contributed by atoms with Gasteiger partial charge in [-0.15, -0.1) is 0 Å². The number of H-pyrrole nitrogens is 1. The fourth-order valence-electron chi connectivity index (χ4n) is 1.29. The molecule has 2 rings (SSSR count). The Bertz CT molecular complexity index is 648. The summed E-state index contributed by atoms with van der Waals surface area (Å²) in [5.41, 5.74) is -1.04. The van der Waals surface area contributed by atoms with Crippen molar-refractivity contribution in [2.24, 2.45) is 0 Å². The largest absolute Gasteiger partial charge is 0.507 e. The number of hydrogen-bond donors (Lipinski definition) is 2. The van der Waals surface area contributed by atoms with E-state index in [2.05, 4.69) is 27.6 Å². The zero-order chi connectivity index (χ0) is 11.0. The first kappa shape index (κ1) is 10.2. The lowest BCUT2D eigenvalue weighted by Crippen LogP contribution is -2.22. The molecular weight excluding hydrogens is 309 g/mol. The average molecular weight is 315 g/mol. The molecule has 0 bridgehead atoms. The molecular formula is C10H6INO3. The van der Waals surface area contributed by atoms with Gasteiger partial charge >= 0.3 is 0 Å². The van der Waals surface area contributed by atoms with Gasteiger partial charge in [-0.25, -0.2) is 0 Å². The normalized spacial score (nSPS) is 10.5. The van der Waals surface area contributed by atoms with Crippen LogP contribution in [-0.2, 0) is 0 Å². The van der Waals surface area contributed by atoms with Crippen LogP contribution in [0.2, 0.25) is 0 Å². The highest BCUT2D eigenvalue weighted by Gasteiger charge is 2.02. The van der Waals surface area contributed by atoms with Crippen molar-refractivity contribution in [2.45, 2.75) is 0 Å². The maximum atomic E-state index is 11.2. The average Bonchev–Trinajstić information content (AvgIpc) is 2.28. The van der Waals surface area contributed by atoms with E-state index in [0.717, 1.165) is 9.64 Å². The van der Waals surface area contributed by atoms with Crippen molar-refractivity contribution in [3.63, 3.8) is 0 Å². The number of fused-ring (bicyclic) bond motifs is 1. The van der Waals surface area contributed by atoms with E-state index in [0.29, 0.717) is 10.9 Å². The molecule has 0 spiro atoms. The summed E-state index contributed by atoms with van der Waals surface area (Å²) in [6.45, 7) is 0. The molecule has 2 aromatic rings. The van der Waals surface area contributed by atoms with Gasteiger partial charge in [-0.2, -0.15) is 0 Å². The minimum atomic E-state index is -0.751. The molecule has 15 heavy (non-hydrogen) atoms. The van der Waals surface area contributed by atoms with Crippen LogP contribution in [0.3, 0.4) is 0 Å². The second kappa shape index (κ2) is 3.65. The van der Waals surface area contributed by atoms with Crippen molar-refractivity contribution >= 4 is 33.5 Å². The van der Waals surface area contributed by atoms with Crippen LogP contribution < -0.4 is 11.0 Å². The molecule has 5 heteroatoms. The molecule has 1 aromatic carbocycles. The van der Waals surface area contributed by atoms with Crippen molar-refractivity contribution in [3.8, 4) is 5.75 Å². The zero-order valence-corrected chi connectivity index (χ0v) is 9.61. The van der Waals surface area contributed by atoms with Crippen molar-refractivity contribution in [1.29, 1.82) is 0 Å². The Morgan fingerprint density at radius 3 is 2.67 bits per heavy atom. The fourth-order valence-corrected chi connectivity index (χ4v) is 1.78. The van der Waals surface area contributed by atoms with E-state index < -0.39 is 11.0 Å². The number of hydrogen-bond acceptors (Lipinski definition) is 3. The van der Waals surface area contributed by atoms with Crippen molar-refractivity contribution in [1.82, 2.24) is 4.98 Å².